The van der Waals surface area contributed by atoms with Crippen molar-refractivity contribution in [3.8, 4) is 0 Å². The van der Waals surface area contributed by atoms with Gasteiger partial charge < -0.3 is 14.6 Å². The van der Waals surface area contributed by atoms with Gasteiger partial charge in [0.05, 0.1) is 11.2 Å². The number of hydrogen-bond donors (Lipinski definition) is 1. The molecule has 0 atom stereocenters. The highest BCUT2D eigenvalue weighted by atomic mass is 16.7. The third-order valence-electron chi connectivity index (χ3n) is 6.97. The van der Waals surface area contributed by atoms with Crippen LogP contribution in [0.3, 0.4) is 0 Å². The number of rotatable bonds is 4. The van der Waals surface area contributed by atoms with E-state index < -0.39 is 18.3 Å². The fraction of sp³-hybridized carbons (Fsp3) is 0.609. The Morgan fingerprint density at radius 3 is 2.42 bits per heavy atom. The number of nitrogens with zero attached hydrogens (tertiary/aromatic N) is 2. The van der Waals surface area contributed by atoms with Gasteiger partial charge in [0.15, 0.2) is 0 Å². The highest BCUT2D eigenvalue weighted by Gasteiger charge is 2.51. The Labute approximate surface area is 183 Å². The van der Waals surface area contributed by atoms with E-state index in [1.165, 1.54) is 6.42 Å². The van der Waals surface area contributed by atoms with Crippen LogP contribution in [0.5, 0.6) is 0 Å². The van der Waals surface area contributed by atoms with Crippen molar-refractivity contribution in [1.82, 2.24) is 14.9 Å². The van der Waals surface area contributed by atoms with Crippen LogP contribution >= 0.6 is 0 Å². The third-order valence-corrected chi connectivity index (χ3v) is 6.97. The first-order valence-electron chi connectivity index (χ1n) is 11.3. The first-order chi connectivity index (χ1) is 14.6. The van der Waals surface area contributed by atoms with Gasteiger partial charge in [-0.1, -0.05) is 19.3 Å². The highest BCUT2D eigenvalue weighted by Crippen LogP contribution is 2.36. The van der Waals surface area contributed by atoms with Crippen molar-refractivity contribution < 1.29 is 14.1 Å². The summed E-state index contributed by atoms with van der Waals surface area (Å²) in [6.45, 7) is 10.3. The molecule has 0 aromatic carbocycles. The van der Waals surface area contributed by atoms with Crippen LogP contribution < -0.4 is 16.3 Å². The van der Waals surface area contributed by atoms with Gasteiger partial charge in [0.1, 0.15) is 11.2 Å². The predicted molar refractivity (Wildman–Crippen MR) is 122 cm³/mol. The van der Waals surface area contributed by atoms with Crippen LogP contribution in [-0.4, -0.2) is 39.8 Å². The lowest BCUT2D eigenvalue weighted by molar-refractivity contribution is 0.00578. The molecule has 2 aliphatic rings. The van der Waals surface area contributed by atoms with Gasteiger partial charge in [-0.25, -0.2) is 4.98 Å². The summed E-state index contributed by atoms with van der Waals surface area (Å²) in [4.78, 5) is 30.5. The van der Waals surface area contributed by atoms with Crippen molar-refractivity contribution in [1.29, 1.82) is 0 Å². The molecule has 2 fully saturated rings. The quantitative estimate of drug-likeness (QED) is 0.762. The number of pyridine rings is 2. The van der Waals surface area contributed by atoms with Crippen LogP contribution in [0, 0.1) is 0 Å². The Bertz CT molecular complexity index is 1040. The van der Waals surface area contributed by atoms with Crippen molar-refractivity contribution in [2.45, 2.75) is 90.5 Å². The van der Waals surface area contributed by atoms with E-state index in [4.69, 9.17) is 9.31 Å². The van der Waals surface area contributed by atoms with Crippen molar-refractivity contribution >= 4 is 29.5 Å². The molecule has 0 spiro atoms. The van der Waals surface area contributed by atoms with Crippen molar-refractivity contribution in [2.75, 3.05) is 0 Å². The van der Waals surface area contributed by atoms with Crippen LogP contribution in [0.15, 0.2) is 23.1 Å². The summed E-state index contributed by atoms with van der Waals surface area (Å²) < 4.78 is 13.8. The second kappa shape index (κ2) is 8.06. The molecule has 1 aliphatic carbocycles. The summed E-state index contributed by atoms with van der Waals surface area (Å²) in [7, 11) is -0.552. The van der Waals surface area contributed by atoms with Gasteiger partial charge in [-0.3, -0.25) is 14.2 Å². The van der Waals surface area contributed by atoms with E-state index in [-0.39, 0.29) is 23.1 Å². The number of aromatic nitrogens is 2. The van der Waals surface area contributed by atoms with Gasteiger partial charge in [0.2, 0.25) is 0 Å². The molecule has 31 heavy (non-hydrogen) atoms. The van der Waals surface area contributed by atoms with Crippen LogP contribution in [0.2, 0.25) is 0 Å². The van der Waals surface area contributed by atoms with Gasteiger partial charge in [0, 0.05) is 29.6 Å². The zero-order chi connectivity index (χ0) is 22.4. The molecule has 7 nitrogen and oxygen atoms in total. The van der Waals surface area contributed by atoms with Gasteiger partial charge in [-0.05, 0) is 59.6 Å². The molecule has 0 bridgehead atoms. The average Bonchev–Trinajstić information content (AvgIpc) is 2.95. The molecule has 2 aromatic rings. The van der Waals surface area contributed by atoms with Crippen LogP contribution in [-0.2, 0) is 15.9 Å². The van der Waals surface area contributed by atoms with E-state index in [2.05, 4.69) is 10.3 Å². The second-order valence-corrected chi connectivity index (χ2v) is 9.69. The Hall–Kier alpha value is -2.19. The maximum atomic E-state index is 13.0. The number of carbonyl (C=O) groups is 1. The summed E-state index contributed by atoms with van der Waals surface area (Å²) in [6.07, 6.45) is 7.06. The fourth-order valence-electron chi connectivity index (χ4n) is 4.36. The van der Waals surface area contributed by atoms with Gasteiger partial charge >= 0.3 is 7.12 Å². The van der Waals surface area contributed by atoms with Crippen LogP contribution in [0.25, 0.3) is 11.0 Å². The minimum absolute atomic E-state index is 0.139. The maximum Gasteiger partial charge on any atom is 0.496 e. The number of amides is 1. The Kier molecular flexibility index (Phi) is 5.73. The molecule has 1 amide bonds. The number of carbonyl (C=O) groups excluding carboxylic acids is 1. The second-order valence-electron chi connectivity index (χ2n) is 9.69. The standard InChI is InChI=1S/C23H32BN3O4/c1-6-27-19-15(12-16(14-25-19)24-30-22(2,3)23(4,5)31-24)13-18(21(27)29)20(28)26-17-10-8-7-9-11-17/h12-14,17H,6-11H2,1-5H3,(H,26,28). The molecule has 0 radical (unpaired) electrons. The summed E-state index contributed by atoms with van der Waals surface area (Å²) >= 11 is 0. The molecule has 1 saturated heterocycles. The number of nitrogens with one attached hydrogen (secondary N) is 1. The summed E-state index contributed by atoms with van der Waals surface area (Å²) in [5, 5.41) is 3.79. The molecular weight excluding hydrogens is 393 g/mol. The summed E-state index contributed by atoms with van der Waals surface area (Å²) in [6, 6.07) is 3.71. The minimum atomic E-state index is -0.552. The monoisotopic (exact) mass is 425 g/mol. The van der Waals surface area contributed by atoms with E-state index in [1.54, 1.807) is 16.8 Å². The van der Waals surface area contributed by atoms with E-state index in [9.17, 15) is 9.59 Å². The molecule has 1 N–H and O–H groups in total. The van der Waals surface area contributed by atoms with E-state index in [1.807, 2.05) is 40.7 Å². The first-order valence-corrected chi connectivity index (χ1v) is 11.3. The topological polar surface area (TPSA) is 82.5 Å². The van der Waals surface area contributed by atoms with Gasteiger partial charge in [-0.15, -0.1) is 0 Å². The molecule has 0 unspecified atom stereocenters. The normalized spacial score (nSPS) is 20.9. The van der Waals surface area contributed by atoms with E-state index in [0.29, 0.717) is 12.2 Å². The zero-order valence-corrected chi connectivity index (χ0v) is 19.2. The molecule has 4 rings (SSSR count). The lowest BCUT2D eigenvalue weighted by Gasteiger charge is -2.32. The number of aryl methyl sites for hydroxylation is 1. The summed E-state index contributed by atoms with van der Waals surface area (Å²) in [5.74, 6) is -0.304. The SMILES string of the molecule is CCn1c(=O)c(C(=O)NC2CCCCC2)cc2cc(B3OC(C)(C)C(C)(C)O3)cnc21. The largest absolute Gasteiger partial charge is 0.496 e. The van der Waals surface area contributed by atoms with Crippen LogP contribution in [0.4, 0.5) is 0 Å². The van der Waals surface area contributed by atoms with Gasteiger partial charge in [0.25, 0.3) is 11.5 Å². The van der Waals surface area contributed by atoms with Crippen molar-refractivity contribution in [3.05, 3.63) is 34.2 Å². The van der Waals surface area contributed by atoms with Crippen LogP contribution in [0.1, 0.15) is 77.1 Å². The highest BCUT2D eigenvalue weighted by molar-refractivity contribution is 6.62. The average molecular weight is 425 g/mol. The summed E-state index contributed by atoms with van der Waals surface area (Å²) in [5.41, 5.74) is 0.264. The minimum Gasteiger partial charge on any atom is -0.399 e. The molecule has 8 heteroatoms. The smallest absolute Gasteiger partial charge is 0.399 e. The molecule has 2 aromatic heterocycles. The Balaban J connectivity index is 1.71. The molecule has 3 heterocycles. The molecular formula is C23H32BN3O4. The zero-order valence-electron chi connectivity index (χ0n) is 19.2. The molecule has 1 aliphatic heterocycles. The predicted octanol–water partition coefficient (Wildman–Crippen LogP) is 2.78. The van der Waals surface area contributed by atoms with Gasteiger partial charge in [-0.2, -0.15) is 0 Å². The molecule has 1 saturated carbocycles. The first kappa shape index (κ1) is 22.0. The molecule has 166 valence electrons. The number of fused-ring (bicyclic) bond motifs is 1. The van der Waals surface area contributed by atoms with Crippen molar-refractivity contribution in [3.63, 3.8) is 0 Å². The number of hydrogen-bond acceptors (Lipinski definition) is 5. The lowest BCUT2D eigenvalue weighted by Crippen LogP contribution is -2.41. The Morgan fingerprint density at radius 1 is 1.16 bits per heavy atom. The van der Waals surface area contributed by atoms with Crippen molar-refractivity contribution in [2.24, 2.45) is 0 Å². The van der Waals surface area contributed by atoms with E-state index >= 15 is 0 Å². The third kappa shape index (κ3) is 4.03. The maximum absolute atomic E-state index is 13.0. The lowest BCUT2D eigenvalue weighted by atomic mass is 9.80. The Morgan fingerprint density at radius 2 is 1.81 bits per heavy atom. The van der Waals surface area contributed by atoms with E-state index in [0.717, 1.165) is 36.5 Å². The fourth-order valence-corrected chi connectivity index (χ4v) is 4.36.